The number of fused-ring (bicyclic) bond motifs is 2. The highest BCUT2D eigenvalue weighted by Crippen LogP contribution is 2.66. The molecule has 5 nitrogen and oxygen atoms in total. The van der Waals surface area contributed by atoms with Crippen LogP contribution in [0.3, 0.4) is 0 Å². The number of piperidine rings is 1. The van der Waals surface area contributed by atoms with Crippen LogP contribution in [-0.4, -0.2) is 44.7 Å². The zero-order valence-corrected chi connectivity index (χ0v) is 16.4. The van der Waals surface area contributed by atoms with E-state index in [0.29, 0.717) is 17.2 Å². The summed E-state index contributed by atoms with van der Waals surface area (Å²) in [5.41, 5.74) is 2.63. The highest BCUT2D eigenvalue weighted by molar-refractivity contribution is 5.83. The Balaban J connectivity index is 1.35. The lowest BCUT2D eigenvalue weighted by Gasteiger charge is -2.45. The fourth-order valence-corrected chi connectivity index (χ4v) is 5.59. The minimum absolute atomic E-state index is 0.290. The van der Waals surface area contributed by atoms with E-state index in [9.17, 15) is 4.79 Å². The Morgan fingerprint density at radius 2 is 1.81 bits per heavy atom. The molecule has 1 saturated heterocycles. The molecule has 4 aliphatic rings. The van der Waals surface area contributed by atoms with Crippen molar-refractivity contribution in [1.82, 2.24) is 4.90 Å². The van der Waals surface area contributed by atoms with Gasteiger partial charge in [-0.2, -0.15) is 0 Å². The van der Waals surface area contributed by atoms with Crippen molar-refractivity contribution in [2.24, 2.45) is 11.3 Å². The lowest BCUT2D eigenvalue weighted by atomic mass is 9.78. The Kier molecular flexibility index (Phi) is 3.94. The van der Waals surface area contributed by atoms with Crippen molar-refractivity contribution in [2.75, 3.05) is 33.9 Å². The standard InChI is InChI=1S/C22H29NO4/c1-25-18-12-15-4-11-27-22(16(15)13-19(18)26-2)7-9-23(10-8-22)20(24)17-14-21(17)5-3-6-21/h12-13,17H,3-11,14H2,1-2H3. The van der Waals surface area contributed by atoms with Crippen LogP contribution in [0.25, 0.3) is 0 Å². The number of hydrogen-bond donors (Lipinski definition) is 0. The van der Waals surface area contributed by atoms with Gasteiger partial charge in [0.1, 0.15) is 0 Å². The number of amides is 1. The summed E-state index contributed by atoms with van der Waals surface area (Å²) in [5, 5.41) is 0. The average molecular weight is 371 g/mol. The van der Waals surface area contributed by atoms with Crippen molar-refractivity contribution in [3.05, 3.63) is 23.3 Å². The van der Waals surface area contributed by atoms with Crippen molar-refractivity contribution >= 4 is 5.91 Å². The second-order valence-electron chi connectivity index (χ2n) is 8.76. The van der Waals surface area contributed by atoms with E-state index in [2.05, 4.69) is 17.0 Å². The van der Waals surface area contributed by atoms with Crippen LogP contribution in [0.2, 0.25) is 0 Å². The van der Waals surface area contributed by atoms with Gasteiger partial charge in [0.25, 0.3) is 0 Å². The number of nitrogens with zero attached hydrogens (tertiary/aromatic N) is 1. The summed E-state index contributed by atoms with van der Waals surface area (Å²) < 4.78 is 17.4. The molecule has 0 bridgehead atoms. The van der Waals surface area contributed by atoms with E-state index in [1.165, 1.54) is 30.4 Å². The molecule has 1 aromatic rings. The van der Waals surface area contributed by atoms with Gasteiger partial charge in [-0.1, -0.05) is 6.42 Å². The first-order valence-electron chi connectivity index (χ1n) is 10.3. The summed E-state index contributed by atoms with van der Waals surface area (Å²) >= 11 is 0. The number of likely N-dealkylation sites (tertiary alicyclic amines) is 1. The molecular formula is C22H29NO4. The van der Waals surface area contributed by atoms with E-state index < -0.39 is 0 Å². The highest BCUT2D eigenvalue weighted by atomic mass is 16.5. The van der Waals surface area contributed by atoms with Crippen molar-refractivity contribution in [3.8, 4) is 11.5 Å². The minimum atomic E-state index is -0.290. The van der Waals surface area contributed by atoms with Crippen LogP contribution in [0, 0.1) is 11.3 Å². The van der Waals surface area contributed by atoms with Crippen LogP contribution in [0.1, 0.15) is 49.7 Å². The molecule has 27 heavy (non-hydrogen) atoms. The molecule has 0 radical (unpaired) electrons. The number of hydrogen-bond acceptors (Lipinski definition) is 4. The van der Waals surface area contributed by atoms with E-state index in [1.807, 2.05) is 0 Å². The molecule has 2 saturated carbocycles. The van der Waals surface area contributed by atoms with E-state index in [0.717, 1.165) is 56.9 Å². The van der Waals surface area contributed by atoms with E-state index in [-0.39, 0.29) is 5.60 Å². The van der Waals surface area contributed by atoms with Crippen molar-refractivity contribution < 1.29 is 19.0 Å². The number of methoxy groups -OCH3 is 2. The van der Waals surface area contributed by atoms with Gasteiger partial charge in [0.2, 0.25) is 5.91 Å². The third-order valence-corrected chi connectivity index (χ3v) is 7.57. The third kappa shape index (κ3) is 2.58. The van der Waals surface area contributed by atoms with Crippen LogP contribution < -0.4 is 9.47 Å². The topological polar surface area (TPSA) is 48.0 Å². The summed E-state index contributed by atoms with van der Waals surface area (Å²) in [4.78, 5) is 15.0. The van der Waals surface area contributed by atoms with Gasteiger partial charge < -0.3 is 19.1 Å². The smallest absolute Gasteiger partial charge is 0.226 e. The number of ether oxygens (including phenoxy) is 3. The molecule has 2 heterocycles. The molecule has 146 valence electrons. The molecule has 2 aliphatic carbocycles. The number of carbonyl (C=O) groups excluding carboxylic acids is 1. The average Bonchev–Trinajstić information content (AvgIpc) is 3.44. The van der Waals surface area contributed by atoms with E-state index in [1.54, 1.807) is 14.2 Å². The number of benzene rings is 1. The second-order valence-corrected chi connectivity index (χ2v) is 8.76. The Morgan fingerprint density at radius 1 is 1.11 bits per heavy atom. The Bertz CT molecular complexity index is 762. The molecule has 1 aromatic carbocycles. The van der Waals surface area contributed by atoms with Crippen LogP contribution in [0.15, 0.2) is 12.1 Å². The SMILES string of the molecule is COc1cc2c(cc1OC)C1(CCN(C(=O)C3CC34CCC4)CC1)OCC2. The maximum Gasteiger partial charge on any atom is 0.226 e. The van der Waals surface area contributed by atoms with Crippen molar-refractivity contribution in [3.63, 3.8) is 0 Å². The van der Waals surface area contributed by atoms with Crippen LogP contribution in [0.5, 0.6) is 11.5 Å². The molecule has 2 aliphatic heterocycles. The fourth-order valence-electron chi connectivity index (χ4n) is 5.59. The summed E-state index contributed by atoms with van der Waals surface area (Å²) in [6.07, 6.45) is 7.58. The monoisotopic (exact) mass is 371 g/mol. The largest absolute Gasteiger partial charge is 0.493 e. The van der Waals surface area contributed by atoms with Gasteiger partial charge >= 0.3 is 0 Å². The maximum absolute atomic E-state index is 12.9. The van der Waals surface area contributed by atoms with Gasteiger partial charge in [-0.3, -0.25) is 4.79 Å². The lowest BCUT2D eigenvalue weighted by Crippen LogP contribution is -2.49. The Hall–Kier alpha value is -1.75. The second kappa shape index (κ2) is 6.13. The van der Waals surface area contributed by atoms with Crippen LogP contribution in [-0.2, 0) is 21.6 Å². The van der Waals surface area contributed by atoms with Crippen molar-refractivity contribution in [2.45, 2.75) is 50.5 Å². The van der Waals surface area contributed by atoms with Gasteiger partial charge in [0.15, 0.2) is 11.5 Å². The third-order valence-electron chi connectivity index (χ3n) is 7.57. The Morgan fingerprint density at radius 3 is 2.41 bits per heavy atom. The molecule has 5 rings (SSSR count). The maximum atomic E-state index is 12.9. The summed E-state index contributed by atoms with van der Waals surface area (Å²) in [6, 6.07) is 4.19. The Labute approximate surface area is 161 Å². The molecule has 3 fully saturated rings. The van der Waals surface area contributed by atoms with Gasteiger partial charge in [0.05, 0.1) is 26.4 Å². The molecule has 1 unspecified atom stereocenters. The molecule has 0 aromatic heterocycles. The number of rotatable bonds is 3. The molecule has 5 heteroatoms. The van der Waals surface area contributed by atoms with Gasteiger partial charge in [-0.15, -0.1) is 0 Å². The zero-order chi connectivity index (χ0) is 18.6. The first-order chi connectivity index (χ1) is 13.1. The zero-order valence-electron chi connectivity index (χ0n) is 16.4. The van der Waals surface area contributed by atoms with Crippen LogP contribution >= 0.6 is 0 Å². The predicted molar refractivity (Wildman–Crippen MR) is 101 cm³/mol. The molecule has 1 atom stereocenters. The first-order valence-corrected chi connectivity index (χ1v) is 10.3. The highest BCUT2D eigenvalue weighted by Gasteiger charge is 2.62. The predicted octanol–water partition coefficient (Wildman–Crippen LogP) is 3.28. The van der Waals surface area contributed by atoms with Gasteiger partial charge in [0, 0.05) is 19.0 Å². The quantitative estimate of drug-likeness (QED) is 0.818. The molecule has 0 N–H and O–H groups in total. The summed E-state index contributed by atoms with van der Waals surface area (Å²) in [7, 11) is 3.35. The first kappa shape index (κ1) is 17.4. The normalized spacial score (nSPS) is 27.0. The minimum Gasteiger partial charge on any atom is -0.493 e. The van der Waals surface area contributed by atoms with Gasteiger partial charge in [-0.05, 0) is 67.2 Å². The molecular weight excluding hydrogens is 342 g/mol. The fraction of sp³-hybridized carbons (Fsp3) is 0.682. The van der Waals surface area contributed by atoms with E-state index >= 15 is 0 Å². The van der Waals surface area contributed by atoms with Crippen LogP contribution in [0.4, 0.5) is 0 Å². The van der Waals surface area contributed by atoms with Crippen molar-refractivity contribution in [1.29, 1.82) is 0 Å². The number of carbonyl (C=O) groups is 1. The summed E-state index contributed by atoms with van der Waals surface area (Å²) in [5.74, 6) is 2.24. The van der Waals surface area contributed by atoms with E-state index in [4.69, 9.17) is 14.2 Å². The summed E-state index contributed by atoms with van der Waals surface area (Å²) in [6.45, 7) is 2.31. The van der Waals surface area contributed by atoms with Gasteiger partial charge in [-0.25, -0.2) is 0 Å². The lowest BCUT2D eigenvalue weighted by molar-refractivity contribution is -0.143. The molecule has 1 amide bonds. The molecule has 2 spiro atoms.